The monoisotopic (exact) mass is 286 g/mol. The predicted octanol–water partition coefficient (Wildman–Crippen LogP) is 2.77. The van der Waals surface area contributed by atoms with Gasteiger partial charge in [-0.1, -0.05) is 0 Å². The average Bonchev–Trinajstić information content (AvgIpc) is 2.73. The molecule has 2 aromatic heterocycles. The van der Waals surface area contributed by atoms with Gasteiger partial charge in [-0.05, 0) is 31.5 Å². The molecule has 3 rings (SSSR count). The lowest BCUT2D eigenvalue weighted by atomic mass is 10.2. The number of nitrogens with zero attached hydrogens (tertiary/aromatic N) is 3. The Morgan fingerprint density at radius 1 is 1.24 bits per heavy atom. The first-order valence-corrected chi connectivity index (χ1v) is 6.46. The van der Waals surface area contributed by atoms with Crippen molar-refractivity contribution >= 4 is 16.9 Å². The minimum Gasteiger partial charge on any atom is -0.494 e. The van der Waals surface area contributed by atoms with Gasteiger partial charge in [0.15, 0.2) is 17.2 Å². The van der Waals surface area contributed by atoms with Crippen LogP contribution in [0.2, 0.25) is 0 Å². The summed E-state index contributed by atoms with van der Waals surface area (Å²) in [7, 11) is 1.44. The van der Waals surface area contributed by atoms with Crippen LogP contribution in [0.4, 0.5) is 10.2 Å². The number of aromatic nitrogens is 3. The van der Waals surface area contributed by atoms with Crippen molar-refractivity contribution in [1.29, 1.82) is 0 Å². The van der Waals surface area contributed by atoms with Crippen LogP contribution in [0, 0.1) is 19.7 Å². The number of rotatable bonds is 2. The number of nitrogen functional groups attached to an aromatic ring is 1. The molecule has 0 aliphatic carbocycles. The van der Waals surface area contributed by atoms with Crippen LogP contribution in [-0.2, 0) is 0 Å². The van der Waals surface area contributed by atoms with Gasteiger partial charge in [0.2, 0.25) is 0 Å². The maximum Gasteiger partial charge on any atom is 0.165 e. The fourth-order valence-corrected chi connectivity index (χ4v) is 2.53. The van der Waals surface area contributed by atoms with Gasteiger partial charge in [-0.15, -0.1) is 0 Å². The van der Waals surface area contributed by atoms with E-state index in [2.05, 4.69) is 9.97 Å². The standard InChI is InChI=1S/C15H15FN4O/c1-8-9(2)20(15-13(8)14(17)18-7-19-15)10-4-5-11(16)12(6-10)21-3/h4-7H,1-3H3,(H2,17,18,19). The Bertz CT molecular complexity index is 841. The zero-order chi connectivity index (χ0) is 15.1. The Balaban J connectivity index is 2.35. The molecule has 5 nitrogen and oxygen atoms in total. The molecule has 0 fully saturated rings. The van der Waals surface area contributed by atoms with Gasteiger partial charge in [-0.25, -0.2) is 14.4 Å². The second kappa shape index (κ2) is 4.73. The number of methoxy groups -OCH3 is 1. The number of nitrogens with two attached hydrogens (primary N) is 1. The molecule has 0 bridgehead atoms. The third-order valence-corrected chi connectivity index (χ3v) is 3.71. The number of fused-ring (bicyclic) bond motifs is 1. The Kier molecular flexibility index (Phi) is 3.01. The van der Waals surface area contributed by atoms with Crippen LogP contribution < -0.4 is 10.5 Å². The molecule has 1 aromatic carbocycles. The van der Waals surface area contributed by atoms with Crippen LogP contribution in [0.15, 0.2) is 24.5 Å². The summed E-state index contributed by atoms with van der Waals surface area (Å²) >= 11 is 0. The van der Waals surface area contributed by atoms with Crippen LogP contribution in [0.5, 0.6) is 5.75 Å². The first-order valence-electron chi connectivity index (χ1n) is 6.46. The summed E-state index contributed by atoms with van der Waals surface area (Å²) < 4.78 is 20.6. The number of hydrogen-bond donors (Lipinski definition) is 1. The maximum absolute atomic E-state index is 13.6. The van der Waals surface area contributed by atoms with Gasteiger partial charge < -0.3 is 10.5 Å². The van der Waals surface area contributed by atoms with Crippen molar-refractivity contribution in [2.45, 2.75) is 13.8 Å². The third-order valence-electron chi connectivity index (χ3n) is 3.71. The van der Waals surface area contributed by atoms with E-state index in [0.29, 0.717) is 11.5 Å². The largest absolute Gasteiger partial charge is 0.494 e. The summed E-state index contributed by atoms with van der Waals surface area (Å²) in [6.07, 6.45) is 1.42. The zero-order valence-corrected chi connectivity index (χ0v) is 12.0. The van der Waals surface area contributed by atoms with Gasteiger partial charge in [0.05, 0.1) is 18.2 Å². The summed E-state index contributed by atoms with van der Waals surface area (Å²) in [6, 6.07) is 4.70. The van der Waals surface area contributed by atoms with E-state index < -0.39 is 5.82 Å². The molecule has 0 saturated heterocycles. The van der Waals surface area contributed by atoms with Gasteiger partial charge in [0.25, 0.3) is 0 Å². The zero-order valence-electron chi connectivity index (χ0n) is 12.0. The fourth-order valence-electron chi connectivity index (χ4n) is 2.53. The van der Waals surface area contributed by atoms with Crippen LogP contribution in [0.25, 0.3) is 16.7 Å². The number of aryl methyl sites for hydroxylation is 1. The van der Waals surface area contributed by atoms with Gasteiger partial charge in [0, 0.05) is 11.8 Å². The summed E-state index contributed by atoms with van der Waals surface area (Å²) in [6.45, 7) is 3.93. The topological polar surface area (TPSA) is 66.0 Å². The number of anilines is 1. The van der Waals surface area contributed by atoms with Crippen molar-refractivity contribution in [3.8, 4) is 11.4 Å². The van der Waals surface area contributed by atoms with Crippen molar-refractivity contribution < 1.29 is 9.13 Å². The number of ether oxygens (including phenoxy) is 1. The van der Waals surface area contributed by atoms with Crippen molar-refractivity contribution in [3.63, 3.8) is 0 Å². The first-order chi connectivity index (χ1) is 10.0. The Labute approximate surface area is 121 Å². The molecule has 3 aromatic rings. The Hall–Kier alpha value is -2.63. The fraction of sp³-hybridized carbons (Fsp3) is 0.200. The minimum absolute atomic E-state index is 0.188. The molecule has 21 heavy (non-hydrogen) atoms. The molecule has 0 aliphatic rings. The van der Waals surface area contributed by atoms with Gasteiger partial charge in [-0.2, -0.15) is 0 Å². The van der Waals surface area contributed by atoms with Crippen LogP contribution >= 0.6 is 0 Å². The quantitative estimate of drug-likeness (QED) is 0.786. The molecule has 6 heteroatoms. The van der Waals surface area contributed by atoms with E-state index in [-0.39, 0.29) is 5.75 Å². The van der Waals surface area contributed by atoms with Gasteiger partial charge in [0.1, 0.15) is 12.1 Å². The van der Waals surface area contributed by atoms with Crippen molar-refractivity contribution in [2.24, 2.45) is 0 Å². The number of hydrogen-bond acceptors (Lipinski definition) is 4. The summed E-state index contributed by atoms with van der Waals surface area (Å²) in [5.41, 5.74) is 9.40. The van der Waals surface area contributed by atoms with E-state index in [4.69, 9.17) is 10.5 Å². The lowest BCUT2D eigenvalue weighted by Gasteiger charge is -2.10. The Morgan fingerprint density at radius 3 is 2.71 bits per heavy atom. The highest BCUT2D eigenvalue weighted by atomic mass is 19.1. The van der Waals surface area contributed by atoms with E-state index in [1.54, 1.807) is 12.1 Å². The van der Waals surface area contributed by atoms with Crippen molar-refractivity contribution in [3.05, 3.63) is 41.6 Å². The Morgan fingerprint density at radius 2 is 2.00 bits per heavy atom. The molecular formula is C15H15FN4O. The number of benzene rings is 1. The summed E-state index contributed by atoms with van der Waals surface area (Å²) in [5, 5.41) is 0.818. The second-order valence-corrected chi connectivity index (χ2v) is 4.82. The molecule has 0 amide bonds. The molecule has 0 spiro atoms. The molecule has 0 saturated carbocycles. The van der Waals surface area contributed by atoms with Crippen molar-refractivity contribution in [1.82, 2.24) is 14.5 Å². The van der Waals surface area contributed by atoms with Crippen LogP contribution in [0.1, 0.15) is 11.3 Å². The minimum atomic E-state index is -0.402. The molecule has 0 atom stereocenters. The molecule has 2 heterocycles. The summed E-state index contributed by atoms with van der Waals surface area (Å²) in [5.74, 6) is 0.225. The highest BCUT2D eigenvalue weighted by molar-refractivity contribution is 5.92. The summed E-state index contributed by atoms with van der Waals surface area (Å²) in [4.78, 5) is 8.35. The molecule has 0 unspecified atom stereocenters. The van der Waals surface area contributed by atoms with Gasteiger partial charge in [-0.3, -0.25) is 4.57 Å². The second-order valence-electron chi connectivity index (χ2n) is 4.82. The van der Waals surface area contributed by atoms with Gasteiger partial charge >= 0.3 is 0 Å². The maximum atomic E-state index is 13.6. The molecule has 0 aliphatic heterocycles. The average molecular weight is 286 g/mol. The molecule has 0 radical (unpaired) electrons. The predicted molar refractivity (Wildman–Crippen MR) is 79.3 cm³/mol. The molecular weight excluding hydrogens is 271 g/mol. The highest BCUT2D eigenvalue weighted by Gasteiger charge is 2.17. The highest BCUT2D eigenvalue weighted by Crippen LogP contribution is 2.31. The van der Waals surface area contributed by atoms with E-state index in [9.17, 15) is 4.39 Å². The SMILES string of the molecule is COc1cc(-n2c(C)c(C)c3c(N)ncnc32)ccc1F. The normalized spacial score (nSPS) is 11.0. The van der Waals surface area contributed by atoms with Crippen LogP contribution in [0.3, 0.4) is 0 Å². The lowest BCUT2D eigenvalue weighted by Crippen LogP contribution is -2.00. The van der Waals surface area contributed by atoms with E-state index in [0.717, 1.165) is 22.3 Å². The van der Waals surface area contributed by atoms with E-state index in [1.807, 2.05) is 18.4 Å². The van der Waals surface area contributed by atoms with E-state index in [1.165, 1.54) is 19.5 Å². The third kappa shape index (κ3) is 1.91. The van der Waals surface area contributed by atoms with Crippen molar-refractivity contribution in [2.75, 3.05) is 12.8 Å². The van der Waals surface area contributed by atoms with Crippen LogP contribution in [-0.4, -0.2) is 21.6 Å². The lowest BCUT2D eigenvalue weighted by molar-refractivity contribution is 0.386. The molecule has 108 valence electrons. The molecule has 2 N–H and O–H groups in total. The smallest absolute Gasteiger partial charge is 0.165 e. The number of halogens is 1. The first kappa shape index (κ1) is 13.4. The van der Waals surface area contributed by atoms with E-state index >= 15 is 0 Å².